The number of hydrogen-bond acceptors (Lipinski definition) is 0. The molecule has 0 aromatic rings. The summed E-state index contributed by atoms with van der Waals surface area (Å²) in [6.07, 6.45) is 4.45. The standard InChI is InChI=1S/C11H22.C2H6/c1-8(2)10-6-5-7-11(10)9(3)4;1-2/h8-11H,5-7H2,1-4H3;1-2H3/t10-,11-;/m1./s1. The van der Waals surface area contributed by atoms with E-state index in [1.54, 1.807) is 0 Å². The first kappa shape index (κ1) is 13.0. The van der Waals surface area contributed by atoms with Gasteiger partial charge in [0.05, 0.1) is 0 Å². The quantitative estimate of drug-likeness (QED) is 0.581. The maximum absolute atomic E-state index is 2.38. The fourth-order valence-corrected chi connectivity index (χ4v) is 2.67. The van der Waals surface area contributed by atoms with Crippen molar-refractivity contribution in [3.05, 3.63) is 0 Å². The molecule has 0 bridgehead atoms. The summed E-state index contributed by atoms with van der Waals surface area (Å²) < 4.78 is 0. The highest BCUT2D eigenvalue weighted by atomic mass is 14.4. The molecule has 0 aromatic carbocycles. The average molecular weight is 184 g/mol. The van der Waals surface area contributed by atoms with Gasteiger partial charge in [0.1, 0.15) is 0 Å². The first-order chi connectivity index (χ1) is 6.13. The van der Waals surface area contributed by atoms with Gasteiger partial charge in [0.2, 0.25) is 0 Å². The van der Waals surface area contributed by atoms with E-state index < -0.39 is 0 Å². The van der Waals surface area contributed by atoms with Gasteiger partial charge in [-0.25, -0.2) is 0 Å². The van der Waals surface area contributed by atoms with Crippen LogP contribution < -0.4 is 0 Å². The highest BCUT2D eigenvalue weighted by Crippen LogP contribution is 2.40. The third-order valence-electron chi connectivity index (χ3n) is 3.34. The fourth-order valence-electron chi connectivity index (χ4n) is 2.67. The van der Waals surface area contributed by atoms with Crippen LogP contribution in [0.4, 0.5) is 0 Å². The Kier molecular flexibility index (Phi) is 6.45. The summed E-state index contributed by atoms with van der Waals surface area (Å²) >= 11 is 0. The summed E-state index contributed by atoms with van der Waals surface area (Å²) in [6.45, 7) is 13.5. The van der Waals surface area contributed by atoms with Crippen LogP contribution in [0.2, 0.25) is 0 Å². The van der Waals surface area contributed by atoms with Crippen LogP contribution >= 0.6 is 0 Å². The van der Waals surface area contributed by atoms with Crippen LogP contribution in [-0.4, -0.2) is 0 Å². The molecule has 0 heteroatoms. The van der Waals surface area contributed by atoms with Crippen molar-refractivity contribution in [3.63, 3.8) is 0 Å². The first-order valence-electron chi connectivity index (χ1n) is 6.13. The van der Waals surface area contributed by atoms with E-state index >= 15 is 0 Å². The van der Waals surface area contributed by atoms with Crippen molar-refractivity contribution in [3.8, 4) is 0 Å². The molecule has 0 aliphatic heterocycles. The molecule has 0 spiro atoms. The van der Waals surface area contributed by atoms with Gasteiger partial charge in [-0.2, -0.15) is 0 Å². The molecule has 0 unspecified atom stereocenters. The molecule has 0 nitrogen and oxygen atoms in total. The van der Waals surface area contributed by atoms with Gasteiger partial charge >= 0.3 is 0 Å². The molecule has 0 heterocycles. The van der Waals surface area contributed by atoms with Gasteiger partial charge in [0.15, 0.2) is 0 Å². The van der Waals surface area contributed by atoms with Crippen molar-refractivity contribution < 1.29 is 0 Å². The zero-order chi connectivity index (χ0) is 10.4. The van der Waals surface area contributed by atoms with E-state index in [1.165, 1.54) is 19.3 Å². The minimum atomic E-state index is 0.907. The third kappa shape index (κ3) is 3.70. The Morgan fingerprint density at radius 1 is 0.769 bits per heavy atom. The van der Waals surface area contributed by atoms with Crippen molar-refractivity contribution >= 4 is 0 Å². The SMILES string of the molecule is CC.CC(C)[C@H]1CCC[C@@H]1C(C)C. The monoisotopic (exact) mass is 184 g/mol. The molecule has 2 atom stereocenters. The zero-order valence-corrected chi connectivity index (χ0v) is 10.4. The Morgan fingerprint density at radius 3 is 1.31 bits per heavy atom. The Labute approximate surface area is 85.1 Å². The second kappa shape index (κ2) is 6.45. The van der Waals surface area contributed by atoms with Crippen molar-refractivity contribution in [1.29, 1.82) is 0 Å². The molecule has 0 aromatic heterocycles. The molecule has 0 radical (unpaired) electrons. The molecule has 80 valence electrons. The van der Waals surface area contributed by atoms with Gasteiger partial charge < -0.3 is 0 Å². The molecule has 1 aliphatic carbocycles. The average Bonchev–Trinajstić information content (AvgIpc) is 2.55. The Balaban J connectivity index is 0.000000671. The third-order valence-corrected chi connectivity index (χ3v) is 3.34. The zero-order valence-electron chi connectivity index (χ0n) is 10.4. The molecule has 1 rings (SSSR count). The lowest BCUT2D eigenvalue weighted by Gasteiger charge is -2.26. The maximum Gasteiger partial charge on any atom is -0.0360 e. The molecule has 1 aliphatic rings. The van der Waals surface area contributed by atoms with Gasteiger partial charge in [-0.05, 0) is 36.5 Å². The highest BCUT2D eigenvalue weighted by Gasteiger charge is 2.31. The topological polar surface area (TPSA) is 0 Å². The van der Waals surface area contributed by atoms with Gasteiger partial charge in [-0.3, -0.25) is 0 Å². The molecule has 13 heavy (non-hydrogen) atoms. The molecular formula is C13H28. The van der Waals surface area contributed by atoms with Crippen molar-refractivity contribution in [2.75, 3.05) is 0 Å². The predicted molar refractivity (Wildman–Crippen MR) is 61.9 cm³/mol. The van der Waals surface area contributed by atoms with Gasteiger partial charge in [0, 0.05) is 0 Å². The number of rotatable bonds is 2. The van der Waals surface area contributed by atoms with E-state index in [1.807, 2.05) is 13.8 Å². The van der Waals surface area contributed by atoms with E-state index in [-0.39, 0.29) is 0 Å². The van der Waals surface area contributed by atoms with Crippen LogP contribution in [0.3, 0.4) is 0 Å². The molecule has 0 saturated heterocycles. The van der Waals surface area contributed by atoms with Crippen LogP contribution in [0.5, 0.6) is 0 Å². The summed E-state index contributed by atoms with van der Waals surface area (Å²) in [5.41, 5.74) is 0. The van der Waals surface area contributed by atoms with E-state index in [0.29, 0.717) is 0 Å². The second-order valence-electron chi connectivity index (χ2n) is 4.75. The predicted octanol–water partition coefficient (Wildman–Crippen LogP) is 4.74. The summed E-state index contributed by atoms with van der Waals surface area (Å²) in [6, 6.07) is 0. The summed E-state index contributed by atoms with van der Waals surface area (Å²) in [7, 11) is 0. The molecule has 0 N–H and O–H groups in total. The van der Waals surface area contributed by atoms with Crippen LogP contribution in [0, 0.1) is 23.7 Å². The molecule has 1 saturated carbocycles. The largest absolute Gasteiger partial charge is 0.0683 e. The van der Waals surface area contributed by atoms with Crippen molar-refractivity contribution in [2.24, 2.45) is 23.7 Å². The van der Waals surface area contributed by atoms with Crippen LogP contribution in [0.1, 0.15) is 60.8 Å². The van der Waals surface area contributed by atoms with Crippen molar-refractivity contribution in [2.45, 2.75) is 60.8 Å². The fraction of sp³-hybridized carbons (Fsp3) is 1.00. The smallest absolute Gasteiger partial charge is 0.0360 e. The van der Waals surface area contributed by atoms with Crippen LogP contribution in [0.15, 0.2) is 0 Å². The lowest BCUT2D eigenvalue weighted by atomic mass is 9.80. The van der Waals surface area contributed by atoms with Gasteiger partial charge in [-0.15, -0.1) is 0 Å². The first-order valence-corrected chi connectivity index (χ1v) is 6.13. The number of hydrogen-bond donors (Lipinski definition) is 0. The summed E-state index contributed by atoms with van der Waals surface area (Å²) in [5.74, 6) is 3.86. The Morgan fingerprint density at radius 2 is 1.08 bits per heavy atom. The summed E-state index contributed by atoms with van der Waals surface area (Å²) in [5, 5.41) is 0. The van der Waals surface area contributed by atoms with E-state index in [2.05, 4.69) is 27.7 Å². The van der Waals surface area contributed by atoms with E-state index in [0.717, 1.165) is 23.7 Å². The summed E-state index contributed by atoms with van der Waals surface area (Å²) in [4.78, 5) is 0. The normalized spacial score (nSPS) is 27.7. The highest BCUT2D eigenvalue weighted by molar-refractivity contribution is 4.81. The van der Waals surface area contributed by atoms with Gasteiger partial charge in [0.25, 0.3) is 0 Å². The van der Waals surface area contributed by atoms with E-state index in [4.69, 9.17) is 0 Å². The minimum absolute atomic E-state index is 0.907. The van der Waals surface area contributed by atoms with E-state index in [9.17, 15) is 0 Å². The molecular weight excluding hydrogens is 156 g/mol. The molecule has 0 amide bonds. The van der Waals surface area contributed by atoms with Gasteiger partial charge in [-0.1, -0.05) is 48.0 Å². The lowest BCUT2D eigenvalue weighted by molar-refractivity contribution is 0.235. The maximum atomic E-state index is 2.38. The second-order valence-corrected chi connectivity index (χ2v) is 4.75. The Hall–Kier alpha value is 0. The van der Waals surface area contributed by atoms with Crippen molar-refractivity contribution in [1.82, 2.24) is 0 Å². The van der Waals surface area contributed by atoms with Crippen LogP contribution in [-0.2, 0) is 0 Å². The van der Waals surface area contributed by atoms with Crippen LogP contribution in [0.25, 0.3) is 0 Å². The lowest BCUT2D eigenvalue weighted by Crippen LogP contribution is -2.18. The minimum Gasteiger partial charge on any atom is -0.0683 e. The Bertz CT molecular complexity index is 99.2. The molecule has 1 fully saturated rings.